The molecule has 1 fully saturated rings. The van der Waals surface area contributed by atoms with Crippen LogP contribution in [-0.4, -0.2) is 17.9 Å². The largest absolute Gasteiger partial charge is 3.00 e. The van der Waals surface area contributed by atoms with E-state index in [-0.39, 0.29) is 52.4 Å². The second-order valence-corrected chi connectivity index (χ2v) is 6.49. The minimum atomic E-state index is -0.461. The van der Waals surface area contributed by atoms with Crippen LogP contribution in [0.25, 0.3) is 5.73 Å². The van der Waals surface area contributed by atoms with Crippen molar-refractivity contribution in [3.63, 3.8) is 0 Å². The van der Waals surface area contributed by atoms with E-state index < -0.39 is 5.91 Å². The first kappa shape index (κ1) is 32.9. The first-order chi connectivity index (χ1) is 10.4. The van der Waals surface area contributed by atoms with E-state index in [1.54, 1.807) is 0 Å². The summed E-state index contributed by atoms with van der Waals surface area (Å²) in [6.45, 7) is 8.52. The molecule has 4 nitrogen and oxygen atoms in total. The molecule has 0 bridgehead atoms. The third-order valence-electron chi connectivity index (χ3n) is 4.76. The zero-order valence-electron chi connectivity index (χ0n) is 16.2. The molecule has 1 saturated carbocycles. The Balaban J connectivity index is -0.000000214. The Hall–Kier alpha value is 0.234. The normalized spacial score (nSPS) is 17.4. The molecule has 1 aliphatic carbocycles. The molecule has 0 aromatic heterocycles. The van der Waals surface area contributed by atoms with Gasteiger partial charge in [-0.25, -0.2) is 0 Å². The van der Waals surface area contributed by atoms with Crippen LogP contribution in [0.5, 0.6) is 0 Å². The van der Waals surface area contributed by atoms with Gasteiger partial charge in [0.2, 0.25) is 5.91 Å². The zero-order valence-corrected chi connectivity index (χ0v) is 19.3. The number of rotatable bonds is 7. The van der Waals surface area contributed by atoms with Gasteiger partial charge in [0.25, 0.3) is 0 Å². The summed E-state index contributed by atoms with van der Waals surface area (Å²) in [5.41, 5.74) is 6.84. The second-order valence-electron chi connectivity index (χ2n) is 6.49. The van der Waals surface area contributed by atoms with Gasteiger partial charge in [-0.3, -0.25) is 4.79 Å². The number of carbonyl (C=O) groups excluding carboxylic acids is 2. The van der Waals surface area contributed by atoms with Gasteiger partial charge in [-0.2, -0.15) is 0 Å². The fourth-order valence-electron chi connectivity index (χ4n) is 3.22. The number of amides is 2. The maximum atomic E-state index is 11.6. The second kappa shape index (κ2) is 19.0. The Morgan fingerprint density at radius 2 is 1.56 bits per heavy atom. The molecule has 0 aromatic rings. The maximum absolute atomic E-state index is 11.6. The molecule has 0 saturated heterocycles. The topological polar surface area (TPSA) is 70.0 Å². The zero-order chi connectivity index (χ0) is 17.0. The first-order valence-electron chi connectivity index (χ1n) is 8.96. The molecule has 0 aliphatic heterocycles. The van der Waals surface area contributed by atoms with Crippen molar-refractivity contribution in [3.05, 3.63) is 5.73 Å². The summed E-state index contributed by atoms with van der Waals surface area (Å²) < 4.78 is 0. The molecule has 1 radical (unpaired) electrons. The van der Waals surface area contributed by atoms with Gasteiger partial charge in [-0.05, 0) is 37.5 Å². The summed E-state index contributed by atoms with van der Waals surface area (Å²) in [6.07, 6.45) is 10.3. The van der Waals surface area contributed by atoms with Gasteiger partial charge in [0.1, 0.15) is 0 Å². The Bertz CT molecular complexity index is 341. The van der Waals surface area contributed by atoms with E-state index in [0.29, 0.717) is 24.3 Å². The first-order valence-corrected chi connectivity index (χ1v) is 8.96. The molecular formula is C18H35Cl2N2O2Ti. The molecule has 0 aromatic carbocycles. The fraction of sp³-hybridized carbons (Fsp3) is 0.889. The van der Waals surface area contributed by atoms with E-state index in [2.05, 4.69) is 26.1 Å². The molecule has 2 N–H and O–H groups in total. The van der Waals surface area contributed by atoms with Crippen molar-refractivity contribution in [3.8, 4) is 0 Å². The molecule has 1 rings (SSSR count). The molecule has 2 amide bonds. The van der Waals surface area contributed by atoms with E-state index in [9.17, 15) is 9.59 Å². The van der Waals surface area contributed by atoms with Crippen molar-refractivity contribution in [1.82, 2.24) is 5.32 Å². The Morgan fingerprint density at radius 3 is 1.92 bits per heavy atom. The van der Waals surface area contributed by atoms with Crippen LogP contribution in [0.2, 0.25) is 0 Å². The monoisotopic (exact) mass is 429 g/mol. The van der Waals surface area contributed by atoms with E-state index in [1.807, 2.05) is 6.92 Å². The summed E-state index contributed by atoms with van der Waals surface area (Å²) in [5, 5.41) is 3.20. The van der Waals surface area contributed by atoms with Crippen molar-refractivity contribution >= 4 is 11.8 Å². The molecule has 7 heteroatoms. The van der Waals surface area contributed by atoms with Crippen LogP contribution in [0, 0.1) is 5.41 Å². The smallest absolute Gasteiger partial charge is 1.00 e. The number of carbonyl (C=O) groups is 2. The van der Waals surface area contributed by atoms with Crippen LogP contribution < -0.4 is 30.1 Å². The summed E-state index contributed by atoms with van der Waals surface area (Å²) in [6, 6.07) is 0.438. The summed E-state index contributed by atoms with van der Waals surface area (Å²) in [5.74, 6) is -0.215. The number of hydrogen-bond acceptors (Lipinski definition) is 2. The predicted octanol–water partition coefficient (Wildman–Crippen LogP) is -0.977. The van der Waals surface area contributed by atoms with Crippen LogP contribution in [0.4, 0.5) is 0 Å². The molecule has 1 unspecified atom stereocenters. The van der Waals surface area contributed by atoms with Crippen LogP contribution in [0.15, 0.2) is 0 Å². The SMILES string of the molecule is CCCC(=O)NC1CCCC(CC)(CC)C1.CCCC([NH-])=O.[Cl-].[Cl-].[Ti+3]. The van der Waals surface area contributed by atoms with Crippen LogP contribution >= 0.6 is 0 Å². The maximum Gasteiger partial charge on any atom is 3.00 e. The van der Waals surface area contributed by atoms with E-state index in [0.717, 1.165) is 12.8 Å². The quantitative estimate of drug-likeness (QED) is 0.528. The minimum Gasteiger partial charge on any atom is -1.00 e. The third-order valence-corrected chi connectivity index (χ3v) is 4.76. The molecule has 0 heterocycles. The minimum absolute atomic E-state index is 0. The van der Waals surface area contributed by atoms with Crippen molar-refractivity contribution in [2.45, 2.75) is 97.9 Å². The summed E-state index contributed by atoms with van der Waals surface area (Å²) >= 11 is 0. The molecule has 147 valence electrons. The summed E-state index contributed by atoms with van der Waals surface area (Å²) in [7, 11) is 0. The van der Waals surface area contributed by atoms with E-state index in [1.165, 1.54) is 38.5 Å². The van der Waals surface area contributed by atoms with Gasteiger partial charge in [0.15, 0.2) is 0 Å². The average molecular weight is 430 g/mol. The van der Waals surface area contributed by atoms with Crippen molar-refractivity contribution in [1.29, 1.82) is 0 Å². The van der Waals surface area contributed by atoms with Gasteiger partial charge < -0.3 is 40.7 Å². The molecule has 1 atom stereocenters. The Kier molecular flexibility index (Phi) is 25.0. The van der Waals surface area contributed by atoms with Gasteiger partial charge in [-0.1, -0.05) is 53.4 Å². The van der Waals surface area contributed by atoms with Crippen LogP contribution in [0.1, 0.15) is 91.9 Å². The van der Waals surface area contributed by atoms with Gasteiger partial charge >= 0.3 is 21.7 Å². The Morgan fingerprint density at radius 1 is 1.04 bits per heavy atom. The predicted molar refractivity (Wildman–Crippen MR) is 92.6 cm³/mol. The molecule has 0 spiro atoms. The summed E-state index contributed by atoms with van der Waals surface area (Å²) in [4.78, 5) is 21.3. The van der Waals surface area contributed by atoms with Gasteiger partial charge in [0.05, 0.1) is 0 Å². The van der Waals surface area contributed by atoms with Crippen LogP contribution in [0.3, 0.4) is 0 Å². The van der Waals surface area contributed by atoms with Crippen molar-refractivity contribution in [2.75, 3.05) is 0 Å². The average Bonchev–Trinajstić information content (AvgIpc) is 2.48. The van der Waals surface area contributed by atoms with E-state index >= 15 is 0 Å². The molecule has 25 heavy (non-hydrogen) atoms. The number of halogens is 2. The third kappa shape index (κ3) is 15.0. The van der Waals surface area contributed by atoms with Gasteiger partial charge in [-0.15, -0.1) is 0 Å². The Labute approximate surface area is 181 Å². The van der Waals surface area contributed by atoms with Crippen LogP contribution in [-0.2, 0) is 31.3 Å². The molecule has 1 aliphatic rings. The van der Waals surface area contributed by atoms with Crippen molar-refractivity contribution < 1.29 is 56.1 Å². The fourth-order valence-corrected chi connectivity index (χ4v) is 3.22. The molecular weight excluding hydrogens is 395 g/mol. The number of hydrogen-bond donors (Lipinski definition) is 1. The van der Waals surface area contributed by atoms with Gasteiger partial charge in [0, 0.05) is 18.4 Å². The van der Waals surface area contributed by atoms with Crippen molar-refractivity contribution in [2.24, 2.45) is 5.41 Å². The van der Waals surface area contributed by atoms with E-state index in [4.69, 9.17) is 5.73 Å². The number of nitrogens with one attached hydrogen (secondary N) is 2. The standard InChI is InChI=1S/C14H27NO.C4H9NO.2ClH.Ti/c1-4-8-13(16)15-12-9-7-10-14(5-2,6-3)11-12;1-2-3-4(5)6;;;/h12H,4-11H2,1-3H3,(H,15,16);2-3H2,1H3,(H2,5,6);2*1H;/q;;;;+3/p-3.